The average molecular weight is 228 g/mol. The second-order valence-corrected chi connectivity index (χ2v) is 3.73. The molecular weight excluding hydrogens is 216 g/mol. The molecule has 0 fully saturated rings. The van der Waals surface area contributed by atoms with Crippen LogP contribution in [-0.4, -0.2) is 16.1 Å². The van der Waals surface area contributed by atoms with Crippen LogP contribution in [0.4, 0.5) is 11.4 Å². The van der Waals surface area contributed by atoms with Crippen molar-refractivity contribution in [2.24, 2.45) is 0 Å². The standard InChI is InChI=1S/C13H12N2O2/c1-9-2-4-10(5-3-9)15-11-6-7-12(13(16)17)14-8-11/h2-8,15H,1H3,(H,16,17). The van der Waals surface area contributed by atoms with Crippen molar-refractivity contribution >= 4 is 17.3 Å². The summed E-state index contributed by atoms with van der Waals surface area (Å²) in [6.07, 6.45) is 1.50. The Balaban J connectivity index is 2.13. The maximum absolute atomic E-state index is 10.6. The Labute approximate surface area is 98.9 Å². The lowest BCUT2D eigenvalue weighted by molar-refractivity contribution is 0.0690. The van der Waals surface area contributed by atoms with Crippen LogP contribution in [0.25, 0.3) is 0 Å². The Morgan fingerprint density at radius 3 is 2.29 bits per heavy atom. The number of aromatic carboxylic acids is 1. The lowest BCUT2D eigenvalue weighted by Crippen LogP contribution is -2.00. The molecule has 0 aliphatic carbocycles. The minimum absolute atomic E-state index is 0.0412. The molecule has 1 heterocycles. The molecule has 0 radical (unpaired) electrons. The summed E-state index contributed by atoms with van der Waals surface area (Å²) < 4.78 is 0. The third-order valence-corrected chi connectivity index (χ3v) is 2.32. The molecule has 0 bridgehead atoms. The highest BCUT2D eigenvalue weighted by molar-refractivity contribution is 5.85. The van der Waals surface area contributed by atoms with Gasteiger partial charge in [0.15, 0.2) is 0 Å². The number of rotatable bonds is 3. The van der Waals surface area contributed by atoms with Gasteiger partial charge < -0.3 is 10.4 Å². The molecule has 1 aromatic heterocycles. The zero-order valence-electron chi connectivity index (χ0n) is 9.34. The van der Waals surface area contributed by atoms with E-state index >= 15 is 0 Å². The molecule has 2 N–H and O–H groups in total. The molecule has 86 valence electrons. The fourth-order valence-electron chi connectivity index (χ4n) is 1.40. The van der Waals surface area contributed by atoms with Crippen LogP contribution in [0.1, 0.15) is 16.1 Å². The fourth-order valence-corrected chi connectivity index (χ4v) is 1.40. The van der Waals surface area contributed by atoms with E-state index in [0.29, 0.717) is 0 Å². The molecule has 4 nitrogen and oxygen atoms in total. The van der Waals surface area contributed by atoms with Gasteiger partial charge >= 0.3 is 5.97 Å². The zero-order valence-corrected chi connectivity index (χ0v) is 9.34. The molecule has 0 amide bonds. The third kappa shape index (κ3) is 2.81. The van der Waals surface area contributed by atoms with Gasteiger partial charge in [-0.15, -0.1) is 0 Å². The number of aromatic nitrogens is 1. The van der Waals surface area contributed by atoms with E-state index in [1.807, 2.05) is 31.2 Å². The topological polar surface area (TPSA) is 62.2 Å². The predicted molar refractivity (Wildman–Crippen MR) is 65.7 cm³/mol. The fraction of sp³-hybridized carbons (Fsp3) is 0.0769. The van der Waals surface area contributed by atoms with Gasteiger partial charge in [0.05, 0.1) is 11.9 Å². The summed E-state index contributed by atoms with van der Waals surface area (Å²) in [5.41, 5.74) is 2.94. The molecule has 0 spiro atoms. The summed E-state index contributed by atoms with van der Waals surface area (Å²) in [5.74, 6) is -1.02. The number of carboxylic acid groups (broad SMARTS) is 1. The highest BCUT2D eigenvalue weighted by Crippen LogP contribution is 2.16. The van der Waals surface area contributed by atoms with E-state index in [1.54, 1.807) is 6.07 Å². The quantitative estimate of drug-likeness (QED) is 0.847. The number of hydrogen-bond donors (Lipinski definition) is 2. The number of carboxylic acids is 1. The van der Waals surface area contributed by atoms with E-state index in [1.165, 1.54) is 17.8 Å². The first-order valence-corrected chi connectivity index (χ1v) is 5.18. The van der Waals surface area contributed by atoms with Gasteiger partial charge in [-0.3, -0.25) is 0 Å². The number of carbonyl (C=O) groups is 1. The van der Waals surface area contributed by atoms with Crippen LogP contribution >= 0.6 is 0 Å². The molecule has 1 aromatic carbocycles. The highest BCUT2D eigenvalue weighted by Gasteiger charge is 2.03. The van der Waals surface area contributed by atoms with Gasteiger partial charge in [0, 0.05) is 5.69 Å². The minimum Gasteiger partial charge on any atom is -0.477 e. The van der Waals surface area contributed by atoms with E-state index < -0.39 is 5.97 Å². The predicted octanol–water partition coefficient (Wildman–Crippen LogP) is 2.83. The van der Waals surface area contributed by atoms with Gasteiger partial charge in [0.2, 0.25) is 0 Å². The van der Waals surface area contributed by atoms with Crippen molar-refractivity contribution in [3.8, 4) is 0 Å². The van der Waals surface area contributed by atoms with Crippen molar-refractivity contribution in [1.82, 2.24) is 4.98 Å². The summed E-state index contributed by atoms with van der Waals surface area (Å²) >= 11 is 0. The normalized spacial score (nSPS) is 9.94. The van der Waals surface area contributed by atoms with Crippen molar-refractivity contribution < 1.29 is 9.90 Å². The van der Waals surface area contributed by atoms with Crippen LogP contribution in [0, 0.1) is 6.92 Å². The lowest BCUT2D eigenvalue weighted by Gasteiger charge is -2.06. The van der Waals surface area contributed by atoms with Crippen LogP contribution in [0.3, 0.4) is 0 Å². The minimum atomic E-state index is -1.02. The molecule has 0 saturated heterocycles. The summed E-state index contributed by atoms with van der Waals surface area (Å²) in [5, 5.41) is 11.9. The van der Waals surface area contributed by atoms with E-state index in [4.69, 9.17) is 5.11 Å². The average Bonchev–Trinajstić information content (AvgIpc) is 2.33. The largest absolute Gasteiger partial charge is 0.477 e. The van der Waals surface area contributed by atoms with Crippen molar-refractivity contribution in [3.63, 3.8) is 0 Å². The van der Waals surface area contributed by atoms with Gasteiger partial charge in [-0.2, -0.15) is 0 Å². The Morgan fingerprint density at radius 1 is 1.12 bits per heavy atom. The number of aryl methyl sites for hydroxylation is 1. The summed E-state index contributed by atoms with van der Waals surface area (Å²) in [7, 11) is 0. The number of hydrogen-bond acceptors (Lipinski definition) is 3. The molecular formula is C13H12N2O2. The van der Waals surface area contributed by atoms with Crippen molar-refractivity contribution in [2.45, 2.75) is 6.92 Å². The SMILES string of the molecule is Cc1ccc(Nc2ccc(C(=O)O)nc2)cc1. The first kappa shape index (κ1) is 11.1. The smallest absolute Gasteiger partial charge is 0.354 e. The number of anilines is 2. The van der Waals surface area contributed by atoms with Crippen LogP contribution in [0.15, 0.2) is 42.6 Å². The van der Waals surface area contributed by atoms with Crippen molar-refractivity contribution in [3.05, 3.63) is 53.9 Å². The Kier molecular flexibility index (Phi) is 3.05. The van der Waals surface area contributed by atoms with Gasteiger partial charge in [-0.1, -0.05) is 17.7 Å². The van der Waals surface area contributed by atoms with Crippen LogP contribution in [0.5, 0.6) is 0 Å². The molecule has 17 heavy (non-hydrogen) atoms. The van der Waals surface area contributed by atoms with Crippen molar-refractivity contribution in [1.29, 1.82) is 0 Å². The molecule has 2 rings (SSSR count). The third-order valence-electron chi connectivity index (χ3n) is 2.32. The van der Waals surface area contributed by atoms with E-state index in [2.05, 4.69) is 10.3 Å². The molecule has 0 unspecified atom stereocenters. The highest BCUT2D eigenvalue weighted by atomic mass is 16.4. The zero-order chi connectivity index (χ0) is 12.3. The van der Waals surface area contributed by atoms with E-state index in [-0.39, 0.29) is 5.69 Å². The van der Waals surface area contributed by atoms with Crippen molar-refractivity contribution in [2.75, 3.05) is 5.32 Å². The lowest BCUT2D eigenvalue weighted by atomic mass is 10.2. The summed E-state index contributed by atoms with van der Waals surface area (Å²) in [6, 6.07) is 11.1. The molecule has 4 heteroatoms. The Morgan fingerprint density at radius 2 is 1.76 bits per heavy atom. The second-order valence-electron chi connectivity index (χ2n) is 3.73. The molecule has 0 aliphatic heterocycles. The van der Waals surface area contributed by atoms with Crippen LogP contribution in [-0.2, 0) is 0 Å². The maximum atomic E-state index is 10.6. The van der Waals surface area contributed by atoms with E-state index in [0.717, 1.165) is 11.4 Å². The Bertz CT molecular complexity index is 518. The Hall–Kier alpha value is -2.36. The second kappa shape index (κ2) is 4.65. The number of nitrogens with one attached hydrogen (secondary N) is 1. The number of benzene rings is 1. The van der Waals surface area contributed by atoms with Gasteiger partial charge in [-0.05, 0) is 31.2 Å². The van der Waals surface area contributed by atoms with Crippen LogP contribution < -0.4 is 5.32 Å². The maximum Gasteiger partial charge on any atom is 0.354 e. The number of pyridine rings is 1. The van der Waals surface area contributed by atoms with E-state index in [9.17, 15) is 4.79 Å². The molecule has 2 aromatic rings. The van der Waals surface area contributed by atoms with Gasteiger partial charge in [0.1, 0.15) is 5.69 Å². The van der Waals surface area contributed by atoms with Gasteiger partial charge in [-0.25, -0.2) is 9.78 Å². The molecule has 0 atom stereocenters. The molecule has 0 aliphatic rings. The summed E-state index contributed by atoms with van der Waals surface area (Å²) in [6.45, 7) is 2.02. The first-order chi connectivity index (χ1) is 8.15. The van der Waals surface area contributed by atoms with Gasteiger partial charge in [0.25, 0.3) is 0 Å². The summed E-state index contributed by atoms with van der Waals surface area (Å²) in [4.78, 5) is 14.5. The monoisotopic (exact) mass is 228 g/mol. The number of nitrogens with zero attached hydrogens (tertiary/aromatic N) is 1. The molecule has 0 saturated carbocycles. The van der Waals surface area contributed by atoms with Crippen LogP contribution in [0.2, 0.25) is 0 Å². The first-order valence-electron chi connectivity index (χ1n) is 5.18.